The number of halogens is 3. The fourth-order valence-electron chi connectivity index (χ4n) is 1.70. The van der Waals surface area contributed by atoms with Gasteiger partial charge in [-0.25, -0.2) is 13.8 Å². The third-order valence-corrected chi connectivity index (χ3v) is 2.95. The van der Waals surface area contributed by atoms with Crippen molar-refractivity contribution in [3.8, 4) is 11.5 Å². The largest absolute Gasteiger partial charge is 0.436 e. The first kappa shape index (κ1) is 11.3. The van der Waals surface area contributed by atoms with Gasteiger partial charge in [-0.15, -0.1) is 0 Å². The van der Waals surface area contributed by atoms with Gasteiger partial charge in [-0.3, -0.25) is 0 Å². The normalized spacial score (nSPS) is 11.1. The zero-order valence-corrected chi connectivity index (χ0v) is 10.5. The lowest BCUT2D eigenvalue weighted by molar-refractivity contribution is 0.578. The molecule has 0 unspecified atom stereocenters. The second-order valence-electron chi connectivity index (χ2n) is 3.79. The van der Waals surface area contributed by atoms with E-state index in [1.165, 1.54) is 12.1 Å². The Hall–Kier alpha value is -1.75. The van der Waals surface area contributed by atoms with Crippen LogP contribution in [-0.2, 0) is 0 Å². The first-order valence-electron chi connectivity index (χ1n) is 5.14. The van der Waals surface area contributed by atoms with Crippen LogP contribution in [0.15, 0.2) is 45.3 Å². The molecule has 2 nitrogen and oxygen atoms in total. The highest BCUT2D eigenvalue weighted by Gasteiger charge is 2.10. The smallest absolute Gasteiger partial charge is 0.227 e. The second-order valence-corrected chi connectivity index (χ2v) is 4.70. The molecule has 2 aromatic carbocycles. The van der Waals surface area contributed by atoms with E-state index in [0.29, 0.717) is 11.1 Å². The number of aromatic nitrogens is 1. The van der Waals surface area contributed by atoms with Crippen LogP contribution in [0.3, 0.4) is 0 Å². The molecular weight excluding hydrogens is 304 g/mol. The molecule has 0 amide bonds. The predicted octanol–water partition coefficient (Wildman–Crippen LogP) is 4.54. The zero-order valence-electron chi connectivity index (χ0n) is 8.95. The van der Waals surface area contributed by atoms with Gasteiger partial charge in [-0.2, -0.15) is 0 Å². The van der Waals surface area contributed by atoms with Gasteiger partial charge in [0, 0.05) is 16.1 Å². The molecule has 0 N–H and O–H groups in total. The van der Waals surface area contributed by atoms with Gasteiger partial charge in [0.1, 0.15) is 17.2 Å². The van der Waals surface area contributed by atoms with Crippen LogP contribution >= 0.6 is 15.9 Å². The van der Waals surface area contributed by atoms with Gasteiger partial charge in [0.15, 0.2) is 5.58 Å². The molecule has 0 saturated carbocycles. The summed E-state index contributed by atoms with van der Waals surface area (Å²) in [5.74, 6) is -1.12. The van der Waals surface area contributed by atoms with Crippen molar-refractivity contribution in [3.05, 3.63) is 52.5 Å². The molecule has 3 aromatic rings. The predicted molar refractivity (Wildman–Crippen MR) is 67.1 cm³/mol. The van der Waals surface area contributed by atoms with E-state index in [2.05, 4.69) is 20.9 Å². The number of nitrogens with zero attached hydrogens (tertiary/aromatic N) is 1. The third-order valence-electron chi connectivity index (χ3n) is 2.46. The molecule has 1 heterocycles. The lowest BCUT2D eigenvalue weighted by atomic mass is 10.2. The highest BCUT2D eigenvalue weighted by molar-refractivity contribution is 9.10. The van der Waals surface area contributed by atoms with Crippen LogP contribution in [0.5, 0.6) is 0 Å². The summed E-state index contributed by atoms with van der Waals surface area (Å²) < 4.78 is 32.6. The molecule has 0 radical (unpaired) electrons. The van der Waals surface area contributed by atoms with E-state index >= 15 is 0 Å². The van der Waals surface area contributed by atoms with Crippen molar-refractivity contribution in [1.82, 2.24) is 4.98 Å². The molecule has 0 bridgehead atoms. The summed E-state index contributed by atoms with van der Waals surface area (Å²) in [6, 6.07) is 8.51. The average Bonchev–Trinajstić information content (AvgIpc) is 2.70. The van der Waals surface area contributed by atoms with Crippen LogP contribution in [0, 0.1) is 11.6 Å². The van der Waals surface area contributed by atoms with Gasteiger partial charge in [0.25, 0.3) is 0 Å². The first-order valence-corrected chi connectivity index (χ1v) is 5.94. The molecule has 5 heteroatoms. The van der Waals surface area contributed by atoms with Gasteiger partial charge >= 0.3 is 0 Å². The van der Waals surface area contributed by atoms with Crippen molar-refractivity contribution in [2.24, 2.45) is 0 Å². The maximum atomic E-state index is 13.1. The Kier molecular flexibility index (Phi) is 2.63. The fourth-order valence-corrected chi connectivity index (χ4v) is 2.04. The van der Waals surface area contributed by atoms with E-state index in [1.54, 1.807) is 12.1 Å². The highest BCUT2D eigenvalue weighted by Crippen LogP contribution is 2.27. The van der Waals surface area contributed by atoms with E-state index in [9.17, 15) is 8.78 Å². The van der Waals surface area contributed by atoms with Crippen molar-refractivity contribution < 1.29 is 13.2 Å². The number of benzene rings is 2. The van der Waals surface area contributed by atoms with Crippen molar-refractivity contribution >= 4 is 27.0 Å². The number of hydrogen-bond donors (Lipinski definition) is 0. The number of hydrogen-bond acceptors (Lipinski definition) is 2. The van der Waals surface area contributed by atoms with Gasteiger partial charge < -0.3 is 4.42 Å². The van der Waals surface area contributed by atoms with E-state index in [4.69, 9.17) is 4.42 Å². The van der Waals surface area contributed by atoms with Gasteiger partial charge in [0.2, 0.25) is 5.89 Å². The molecule has 0 fully saturated rings. The van der Waals surface area contributed by atoms with Gasteiger partial charge in [0.05, 0.1) is 0 Å². The maximum Gasteiger partial charge on any atom is 0.227 e. The van der Waals surface area contributed by atoms with E-state index in [0.717, 1.165) is 10.5 Å². The molecule has 0 spiro atoms. The molecular formula is C13H6BrF2NO. The van der Waals surface area contributed by atoms with Crippen LogP contribution in [0.4, 0.5) is 8.78 Å². The third kappa shape index (κ3) is 2.01. The Bertz CT molecular complexity index is 719. The Morgan fingerprint density at radius 1 is 1.00 bits per heavy atom. The van der Waals surface area contributed by atoms with Crippen molar-refractivity contribution in [3.63, 3.8) is 0 Å². The summed E-state index contributed by atoms with van der Waals surface area (Å²) >= 11 is 3.31. The fraction of sp³-hybridized carbons (Fsp3) is 0. The number of fused-ring (bicyclic) bond motifs is 1. The molecule has 0 saturated heterocycles. The topological polar surface area (TPSA) is 26.0 Å². The molecule has 0 aliphatic heterocycles. The summed E-state index contributed by atoms with van der Waals surface area (Å²) in [5, 5.41) is 0. The summed E-state index contributed by atoms with van der Waals surface area (Å²) in [7, 11) is 0. The Morgan fingerprint density at radius 2 is 1.72 bits per heavy atom. The molecule has 0 aliphatic carbocycles. The van der Waals surface area contributed by atoms with Gasteiger partial charge in [-0.05, 0) is 30.3 Å². The zero-order chi connectivity index (χ0) is 12.7. The van der Waals surface area contributed by atoms with E-state index < -0.39 is 11.6 Å². The van der Waals surface area contributed by atoms with E-state index in [-0.39, 0.29) is 11.5 Å². The minimum atomic E-state index is -0.659. The molecule has 0 atom stereocenters. The molecule has 3 rings (SSSR count). The SMILES string of the molecule is Fc1cc(F)cc(-c2nc3ccc(Br)cc3o2)c1. The van der Waals surface area contributed by atoms with Crippen molar-refractivity contribution in [1.29, 1.82) is 0 Å². The highest BCUT2D eigenvalue weighted by atomic mass is 79.9. The molecule has 0 aliphatic rings. The Balaban J connectivity index is 2.19. The van der Waals surface area contributed by atoms with Crippen molar-refractivity contribution in [2.75, 3.05) is 0 Å². The minimum Gasteiger partial charge on any atom is -0.436 e. The monoisotopic (exact) mass is 309 g/mol. The van der Waals surface area contributed by atoms with E-state index in [1.807, 2.05) is 6.07 Å². The van der Waals surface area contributed by atoms with Crippen LogP contribution in [0.1, 0.15) is 0 Å². The quantitative estimate of drug-likeness (QED) is 0.660. The maximum absolute atomic E-state index is 13.1. The second kappa shape index (κ2) is 4.17. The molecule has 1 aromatic heterocycles. The molecule has 90 valence electrons. The van der Waals surface area contributed by atoms with Crippen LogP contribution in [0.25, 0.3) is 22.6 Å². The summed E-state index contributed by atoms with van der Waals surface area (Å²) in [5.41, 5.74) is 1.47. The minimum absolute atomic E-state index is 0.196. The first-order chi connectivity index (χ1) is 8.61. The standard InChI is InChI=1S/C13H6BrF2NO/c14-8-1-2-11-12(5-8)18-13(17-11)7-3-9(15)6-10(16)4-7/h1-6H. The van der Waals surface area contributed by atoms with Gasteiger partial charge in [-0.1, -0.05) is 15.9 Å². The van der Waals surface area contributed by atoms with Crippen LogP contribution in [0.2, 0.25) is 0 Å². The van der Waals surface area contributed by atoms with Crippen LogP contribution < -0.4 is 0 Å². The van der Waals surface area contributed by atoms with Crippen molar-refractivity contribution in [2.45, 2.75) is 0 Å². The van der Waals surface area contributed by atoms with Crippen LogP contribution in [-0.4, -0.2) is 4.98 Å². The summed E-state index contributed by atoms with van der Waals surface area (Å²) in [6.45, 7) is 0. The number of oxazole rings is 1. The molecule has 18 heavy (non-hydrogen) atoms. The average molecular weight is 310 g/mol. The summed E-state index contributed by atoms with van der Waals surface area (Å²) in [4.78, 5) is 4.19. The Labute approximate surface area is 109 Å². The lowest BCUT2D eigenvalue weighted by Crippen LogP contribution is -1.83. The summed E-state index contributed by atoms with van der Waals surface area (Å²) in [6.07, 6.45) is 0. The Morgan fingerprint density at radius 3 is 2.44 bits per heavy atom. The number of rotatable bonds is 1. The lowest BCUT2D eigenvalue weighted by Gasteiger charge is -1.96.